The molecule has 0 spiro atoms. The average Bonchev–Trinajstić information content (AvgIpc) is 3.45. The topological polar surface area (TPSA) is 82.3 Å². The molecule has 33 heavy (non-hydrogen) atoms. The van der Waals surface area contributed by atoms with Gasteiger partial charge in [0.2, 0.25) is 5.91 Å². The molecule has 3 aromatic rings. The van der Waals surface area contributed by atoms with Gasteiger partial charge in [0.05, 0.1) is 27.2 Å². The third-order valence-corrected chi connectivity index (χ3v) is 8.30. The maximum absolute atomic E-state index is 13.6. The predicted octanol–water partition coefficient (Wildman–Crippen LogP) is 3.69. The quantitative estimate of drug-likeness (QED) is 0.570. The normalized spacial score (nSPS) is 17.9. The van der Waals surface area contributed by atoms with E-state index in [1.165, 1.54) is 22.0 Å². The number of thiophene rings is 1. The summed E-state index contributed by atoms with van der Waals surface area (Å²) < 4.78 is 8.07. The Morgan fingerprint density at radius 1 is 1.15 bits per heavy atom. The van der Waals surface area contributed by atoms with Crippen LogP contribution in [0, 0.1) is 0 Å². The van der Waals surface area contributed by atoms with Crippen molar-refractivity contribution in [3.8, 4) is 5.69 Å². The van der Waals surface area contributed by atoms with Crippen molar-refractivity contribution in [2.24, 2.45) is 0 Å². The van der Waals surface area contributed by atoms with Crippen molar-refractivity contribution in [3.05, 3.63) is 59.5 Å². The largest absolute Gasteiger partial charge is 0.376 e. The number of nitrogens with zero attached hydrogens (tertiary/aromatic N) is 2. The highest BCUT2D eigenvalue weighted by atomic mass is 35.5. The number of rotatable bonds is 5. The van der Waals surface area contributed by atoms with Gasteiger partial charge in [-0.25, -0.2) is 9.36 Å². The van der Waals surface area contributed by atoms with E-state index in [2.05, 4.69) is 5.32 Å². The van der Waals surface area contributed by atoms with Gasteiger partial charge in [-0.2, -0.15) is 0 Å². The van der Waals surface area contributed by atoms with Crippen LogP contribution < -0.4 is 16.6 Å². The van der Waals surface area contributed by atoms with Crippen LogP contribution in [-0.2, 0) is 28.9 Å². The molecule has 10 heteroatoms. The maximum Gasteiger partial charge on any atom is 0.337 e. The summed E-state index contributed by atoms with van der Waals surface area (Å²) in [6.45, 7) is 0.934. The molecule has 0 unspecified atom stereocenters. The lowest BCUT2D eigenvalue weighted by Gasteiger charge is -2.15. The number of aryl methyl sites for hydroxylation is 2. The summed E-state index contributed by atoms with van der Waals surface area (Å²) in [4.78, 5) is 41.6. The van der Waals surface area contributed by atoms with E-state index in [1.807, 2.05) is 0 Å². The highest BCUT2D eigenvalue weighted by Crippen LogP contribution is 2.34. The Morgan fingerprint density at radius 2 is 1.97 bits per heavy atom. The van der Waals surface area contributed by atoms with Gasteiger partial charge in [-0.05, 0) is 62.3 Å². The minimum Gasteiger partial charge on any atom is -0.376 e. The molecule has 1 fully saturated rings. The van der Waals surface area contributed by atoms with Crippen molar-refractivity contribution in [2.45, 2.75) is 51.2 Å². The van der Waals surface area contributed by atoms with Gasteiger partial charge in [0.25, 0.3) is 5.56 Å². The van der Waals surface area contributed by atoms with Crippen LogP contribution in [-0.4, -0.2) is 34.3 Å². The lowest BCUT2D eigenvalue weighted by atomic mass is 9.97. The van der Waals surface area contributed by atoms with E-state index in [0.717, 1.165) is 53.5 Å². The zero-order chi connectivity index (χ0) is 23.1. The first-order valence-corrected chi connectivity index (χ1v) is 12.6. The number of nitrogens with one attached hydrogen (secondary N) is 1. The summed E-state index contributed by atoms with van der Waals surface area (Å²) >= 11 is 13.7. The lowest BCUT2D eigenvalue weighted by molar-refractivity contribution is -0.122. The Hall–Kier alpha value is -2.13. The van der Waals surface area contributed by atoms with Gasteiger partial charge in [0.1, 0.15) is 11.4 Å². The lowest BCUT2D eigenvalue weighted by Crippen LogP contribution is -2.42. The molecule has 1 atom stereocenters. The molecule has 1 aliphatic heterocycles. The Bertz CT molecular complexity index is 1350. The molecule has 1 aromatic carbocycles. The molecule has 0 radical (unpaired) electrons. The third-order valence-electron chi connectivity index (χ3n) is 6.25. The Morgan fingerprint density at radius 3 is 2.73 bits per heavy atom. The van der Waals surface area contributed by atoms with E-state index in [4.69, 9.17) is 27.9 Å². The molecule has 1 amide bonds. The van der Waals surface area contributed by atoms with E-state index < -0.39 is 5.69 Å². The summed E-state index contributed by atoms with van der Waals surface area (Å²) in [5.74, 6) is -0.292. The fourth-order valence-corrected chi connectivity index (χ4v) is 6.26. The van der Waals surface area contributed by atoms with Gasteiger partial charge in [-0.1, -0.05) is 23.2 Å². The highest BCUT2D eigenvalue weighted by Gasteiger charge is 2.25. The Labute approximate surface area is 203 Å². The van der Waals surface area contributed by atoms with Crippen LogP contribution in [0.25, 0.3) is 15.9 Å². The number of amides is 1. The number of fused-ring (bicyclic) bond motifs is 3. The SMILES string of the molecule is O=C(Cn1c(=O)n(-c2ccc(Cl)c(Cl)c2)c(=O)c2c3c(sc21)CCCC3)NC[C@H]1CCCO1. The number of carbonyl (C=O) groups excluding carboxylic acids is 1. The molecule has 7 nitrogen and oxygen atoms in total. The number of halogens is 2. The average molecular weight is 508 g/mol. The molecule has 2 aliphatic rings. The van der Waals surface area contributed by atoms with Crippen molar-refractivity contribution in [2.75, 3.05) is 13.2 Å². The van der Waals surface area contributed by atoms with Crippen molar-refractivity contribution in [1.82, 2.24) is 14.5 Å². The summed E-state index contributed by atoms with van der Waals surface area (Å²) in [7, 11) is 0. The predicted molar refractivity (Wildman–Crippen MR) is 130 cm³/mol. The number of hydrogen-bond donors (Lipinski definition) is 1. The molecule has 0 saturated carbocycles. The second-order valence-electron chi connectivity index (χ2n) is 8.44. The van der Waals surface area contributed by atoms with Gasteiger partial charge in [0.15, 0.2) is 0 Å². The van der Waals surface area contributed by atoms with Crippen molar-refractivity contribution < 1.29 is 9.53 Å². The van der Waals surface area contributed by atoms with E-state index in [1.54, 1.807) is 12.1 Å². The molecular formula is C23H23Cl2N3O4S. The summed E-state index contributed by atoms with van der Waals surface area (Å²) in [5, 5.41) is 3.97. The van der Waals surface area contributed by atoms with Crippen LogP contribution >= 0.6 is 34.5 Å². The zero-order valence-corrected chi connectivity index (χ0v) is 20.2. The van der Waals surface area contributed by atoms with Crippen molar-refractivity contribution >= 4 is 50.7 Å². The summed E-state index contributed by atoms with van der Waals surface area (Å²) in [5.41, 5.74) is 0.361. The van der Waals surface area contributed by atoms with Crippen LogP contribution in [0.5, 0.6) is 0 Å². The molecule has 5 rings (SSSR count). The van der Waals surface area contributed by atoms with Gasteiger partial charge >= 0.3 is 5.69 Å². The number of benzene rings is 1. The van der Waals surface area contributed by atoms with Gasteiger partial charge < -0.3 is 10.1 Å². The van der Waals surface area contributed by atoms with E-state index in [0.29, 0.717) is 34.1 Å². The first-order chi connectivity index (χ1) is 15.9. The third kappa shape index (κ3) is 4.25. The van der Waals surface area contributed by atoms with Crippen molar-refractivity contribution in [1.29, 1.82) is 0 Å². The number of carbonyl (C=O) groups is 1. The standard InChI is InChI=1S/C23H23Cl2N3O4S/c24-16-8-7-13(10-17(16)25)28-21(30)20-15-5-1-2-6-18(15)33-22(20)27(23(28)31)12-19(29)26-11-14-4-3-9-32-14/h7-8,10,14H,1-6,9,11-12H2,(H,26,29)/t14-/m1/s1. The zero-order valence-electron chi connectivity index (χ0n) is 17.9. The molecule has 2 aromatic heterocycles. The van der Waals surface area contributed by atoms with Crippen molar-refractivity contribution in [3.63, 3.8) is 0 Å². The minimum absolute atomic E-state index is 0.00454. The highest BCUT2D eigenvalue weighted by molar-refractivity contribution is 7.18. The Balaban J connectivity index is 1.62. The van der Waals surface area contributed by atoms with Gasteiger partial charge in [-0.3, -0.25) is 14.2 Å². The second-order valence-corrected chi connectivity index (χ2v) is 10.3. The van der Waals surface area contributed by atoms with E-state index in [-0.39, 0.29) is 29.1 Å². The fraction of sp³-hybridized carbons (Fsp3) is 0.435. The smallest absolute Gasteiger partial charge is 0.337 e. The molecule has 174 valence electrons. The first kappa shape index (κ1) is 22.7. The molecule has 1 aliphatic carbocycles. The maximum atomic E-state index is 13.6. The van der Waals surface area contributed by atoms with Gasteiger partial charge in [0, 0.05) is 18.0 Å². The first-order valence-electron chi connectivity index (χ1n) is 11.1. The van der Waals surface area contributed by atoms with Crippen LogP contribution in [0.2, 0.25) is 10.0 Å². The monoisotopic (exact) mass is 507 g/mol. The van der Waals surface area contributed by atoms with Crippen LogP contribution in [0.3, 0.4) is 0 Å². The van der Waals surface area contributed by atoms with Crippen LogP contribution in [0.4, 0.5) is 0 Å². The molecule has 1 N–H and O–H groups in total. The summed E-state index contributed by atoms with van der Waals surface area (Å²) in [6, 6.07) is 4.64. The van der Waals surface area contributed by atoms with E-state index >= 15 is 0 Å². The Kier molecular flexibility index (Phi) is 6.35. The molecule has 0 bridgehead atoms. The van der Waals surface area contributed by atoms with E-state index in [9.17, 15) is 14.4 Å². The second kappa shape index (κ2) is 9.25. The molecular weight excluding hydrogens is 485 g/mol. The number of aromatic nitrogens is 2. The molecule has 1 saturated heterocycles. The molecule has 3 heterocycles. The summed E-state index contributed by atoms with van der Waals surface area (Å²) in [6.07, 6.45) is 5.60. The van der Waals surface area contributed by atoms with Crippen LogP contribution in [0.1, 0.15) is 36.1 Å². The number of ether oxygens (including phenoxy) is 1. The number of hydrogen-bond acceptors (Lipinski definition) is 5. The van der Waals surface area contributed by atoms with Crippen LogP contribution in [0.15, 0.2) is 27.8 Å². The van der Waals surface area contributed by atoms with Gasteiger partial charge in [-0.15, -0.1) is 11.3 Å². The minimum atomic E-state index is -0.572. The fourth-order valence-electron chi connectivity index (χ4n) is 4.59.